The molecule has 0 radical (unpaired) electrons. The van der Waals surface area contributed by atoms with Gasteiger partial charge in [-0.3, -0.25) is 4.79 Å². The van der Waals surface area contributed by atoms with Crippen molar-refractivity contribution in [3.8, 4) is 0 Å². The summed E-state index contributed by atoms with van der Waals surface area (Å²) in [6.07, 6.45) is 5.14. The minimum Gasteiger partial charge on any atom is -0.351 e. The van der Waals surface area contributed by atoms with Crippen LogP contribution in [0.25, 0.3) is 0 Å². The summed E-state index contributed by atoms with van der Waals surface area (Å²) in [5.41, 5.74) is 0.472. The van der Waals surface area contributed by atoms with Crippen molar-refractivity contribution in [3.05, 3.63) is 34.9 Å². The molecule has 0 spiro atoms. The lowest BCUT2D eigenvalue weighted by Gasteiger charge is -2.26. The molecule has 1 saturated carbocycles. The summed E-state index contributed by atoms with van der Waals surface area (Å²) in [6, 6.07) is 6.73. The van der Waals surface area contributed by atoms with Crippen LogP contribution in [0.5, 0.6) is 0 Å². The molecular weight excluding hydrogens is 324 g/mol. The number of nitrogens with zero attached hydrogens (tertiary/aromatic N) is 1. The Hall–Kier alpha value is -1.11. The van der Waals surface area contributed by atoms with Crippen LogP contribution in [0.1, 0.15) is 36.0 Å². The monoisotopic (exact) mass is 344 g/mol. The topological polar surface area (TPSA) is 66.5 Å². The summed E-state index contributed by atoms with van der Waals surface area (Å²) >= 11 is 5.85. The molecule has 0 aromatic heterocycles. The molecule has 0 bridgehead atoms. The first-order valence-electron chi connectivity index (χ1n) is 7.38. The Balaban J connectivity index is 1.91. The van der Waals surface area contributed by atoms with E-state index in [1.807, 2.05) is 0 Å². The summed E-state index contributed by atoms with van der Waals surface area (Å²) in [7, 11) is -3.26. The third-order valence-corrected chi connectivity index (χ3v) is 5.43. The molecule has 1 amide bonds. The van der Waals surface area contributed by atoms with Gasteiger partial charge in [-0.25, -0.2) is 8.42 Å². The van der Waals surface area contributed by atoms with Gasteiger partial charge in [-0.1, -0.05) is 30.5 Å². The van der Waals surface area contributed by atoms with Crippen LogP contribution in [0.2, 0.25) is 5.02 Å². The van der Waals surface area contributed by atoms with E-state index < -0.39 is 10.0 Å². The van der Waals surface area contributed by atoms with E-state index in [4.69, 9.17) is 11.6 Å². The standard InChI is InChI=1S/C15H21ClN2O3S/c1-22(20,21)18(14-7-2-3-8-14)10-9-17-15(19)12-5-4-6-13(16)11-12/h4-6,11,14H,2-3,7-10H2,1H3,(H,17,19). The summed E-state index contributed by atoms with van der Waals surface area (Å²) in [6.45, 7) is 0.588. The largest absolute Gasteiger partial charge is 0.351 e. The van der Waals surface area contributed by atoms with E-state index in [-0.39, 0.29) is 18.5 Å². The highest BCUT2D eigenvalue weighted by Crippen LogP contribution is 2.24. The first-order chi connectivity index (χ1) is 10.4. The minimum atomic E-state index is -3.26. The van der Waals surface area contributed by atoms with E-state index in [1.165, 1.54) is 10.6 Å². The van der Waals surface area contributed by atoms with Gasteiger partial charge >= 0.3 is 0 Å². The Kier molecular flexibility index (Phi) is 5.83. The maximum atomic E-state index is 12.0. The van der Waals surface area contributed by atoms with Crippen LogP contribution in [0.15, 0.2) is 24.3 Å². The fourth-order valence-electron chi connectivity index (χ4n) is 2.82. The quantitative estimate of drug-likeness (QED) is 0.860. The van der Waals surface area contributed by atoms with E-state index in [9.17, 15) is 13.2 Å². The highest BCUT2D eigenvalue weighted by Gasteiger charge is 2.28. The number of halogens is 1. The number of hydrogen-bond donors (Lipinski definition) is 1. The minimum absolute atomic E-state index is 0.0677. The molecule has 1 fully saturated rings. The fraction of sp³-hybridized carbons (Fsp3) is 0.533. The maximum Gasteiger partial charge on any atom is 0.251 e. The molecule has 0 aliphatic heterocycles. The number of carbonyl (C=O) groups is 1. The van der Waals surface area contributed by atoms with E-state index in [1.54, 1.807) is 24.3 Å². The SMILES string of the molecule is CS(=O)(=O)N(CCNC(=O)c1cccc(Cl)c1)C1CCCC1. The third kappa shape index (κ3) is 4.69. The average molecular weight is 345 g/mol. The molecule has 1 N–H and O–H groups in total. The van der Waals surface area contributed by atoms with Crippen LogP contribution < -0.4 is 5.32 Å². The highest BCUT2D eigenvalue weighted by atomic mass is 35.5. The van der Waals surface area contributed by atoms with Crippen molar-refractivity contribution in [2.24, 2.45) is 0 Å². The summed E-state index contributed by atoms with van der Waals surface area (Å²) in [5, 5.41) is 3.25. The zero-order valence-corrected chi connectivity index (χ0v) is 14.2. The number of sulfonamides is 1. The van der Waals surface area contributed by atoms with Gasteiger partial charge < -0.3 is 5.32 Å². The lowest BCUT2D eigenvalue weighted by atomic mass is 10.2. The molecule has 1 aromatic rings. The second kappa shape index (κ2) is 7.44. The summed E-state index contributed by atoms with van der Waals surface area (Å²) < 4.78 is 25.3. The van der Waals surface area contributed by atoms with E-state index in [0.717, 1.165) is 25.7 Å². The van der Waals surface area contributed by atoms with Gasteiger partial charge in [0.25, 0.3) is 5.91 Å². The molecule has 7 heteroatoms. The number of rotatable bonds is 6. The predicted molar refractivity (Wildman–Crippen MR) is 87.6 cm³/mol. The molecule has 1 aliphatic carbocycles. The van der Waals surface area contributed by atoms with Gasteiger partial charge in [-0.15, -0.1) is 0 Å². The van der Waals surface area contributed by atoms with Crippen LogP contribution >= 0.6 is 11.6 Å². The van der Waals surface area contributed by atoms with Gasteiger partial charge in [0.15, 0.2) is 0 Å². The molecule has 2 rings (SSSR count). The first kappa shape index (κ1) is 17.2. The van der Waals surface area contributed by atoms with Crippen molar-refractivity contribution in [2.45, 2.75) is 31.7 Å². The molecule has 0 atom stereocenters. The van der Waals surface area contributed by atoms with Crippen LogP contribution in [0, 0.1) is 0 Å². The first-order valence-corrected chi connectivity index (χ1v) is 9.61. The smallest absolute Gasteiger partial charge is 0.251 e. The van der Waals surface area contributed by atoms with Gasteiger partial charge in [-0.05, 0) is 31.0 Å². The lowest BCUT2D eigenvalue weighted by Crippen LogP contribution is -2.43. The maximum absolute atomic E-state index is 12.0. The number of benzene rings is 1. The lowest BCUT2D eigenvalue weighted by molar-refractivity contribution is 0.0950. The Morgan fingerprint density at radius 3 is 2.64 bits per heavy atom. The van der Waals surface area contributed by atoms with Crippen LogP contribution in [-0.2, 0) is 10.0 Å². The van der Waals surface area contributed by atoms with Crippen molar-refractivity contribution >= 4 is 27.5 Å². The van der Waals surface area contributed by atoms with Crippen molar-refractivity contribution in [1.82, 2.24) is 9.62 Å². The Morgan fingerprint density at radius 1 is 1.36 bits per heavy atom. The van der Waals surface area contributed by atoms with Crippen LogP contribution in [0.3, 0.4) is 0 Å². The summed E-state index contributed by atoms with van der Waals surface area (Å²) in [4.78, 5) is 12.0. The van der Waals surface area contributed by atoms with Gasteiger partial charge in [0, 0.05) is 29.7 Å². The van der Waals surface area contributed by atoms with Crippen molar-refractivity contribution in [2.75, 3.05) is 19.3 Å². The molecule has 0 unspecified atom stereocenters. The predicted octanol–water partition coefficient (Wildman–Crippen LogP) is 2.27. The Morgan fingerprint density at radius 2 is 2.05 bits per heavy atom. The molecular formula is C15H21ClN2O3S. The molecule has 22 heavy (non-hydrogen) atoms. The highest BCUT2D eigenvalue weighted by molar-refractivity contribution is 7.88. The molecule has 1 aliphatic rings. The van der Waals surface area contributed by atoms with Gasteiger partial charge in [-0.2, -0.15) is 4.31 Å². The molecule has 0 saturated heterocycles. The van der Waals surface area contributed by atoms with E-state index in [2.05, 4.69) is 5.32 Å². The van der Waals surface area contributed by atoms with Crippen LogP contribution in [-0.4, -0.2) is 44.0 Å². The van der Waals surface area contributed by atoms with Gasteiger partial charge in [0.2, 0.25) is 10.0 Å². The van der Waals surface area contributed by atoms with Crippen molar-refractivity contribution in [1.29, 1.82) is 0 Å². The third-order valence-electron chi connectivity index (χ3n) is 3.86. The van der Waals surface area contributed by atoms with E-state index >= 15 is 0 Å². The van der Waals surface area contributed by atoms with E-state index in [0.29, 0.717) is 17.1 Å². The second-order valence-electron chi connectivity index (χ2n) is 5.58. The molecule has 1 aromatic carbocycles. The Labute approximate surface area is 136 Å². The number of carbonyl (C=O) groups excluding carboxylic acids is 1. The number of amides is 1. The zero-order chi connectivity index (χ0) is 16.2. The number of nitrogens with one attached hydrogen (secondary N) is 1. The van der Waals surface area contributed by atoms with Crippen molar-refractivity contribution in [3.63, 3.8) is 0 Å². The average Bonchev–Trinajstić information content (AvgIpc) is 2.95. The Bertz CT molecular complexity index is 627. The molecule has 5 nitrogen and oxygen atoms in total. The van der Waals surface area contributed by atoms with Crippen molar-refractivity contribution < 1.29 is 13.2 Å². The number of hydrogen-bond acceptors (Lipinski definition) is 3. The fourth-order valence-corrected chi connectivity index (χ4v) is 4.19. The van der Waals surface area contributed by atoms with Gasteiger partial charge in [0.1, 0.15) is 0 Å². The molecule has 0 heterocycles. The second-order valence-corrected chi connectivity index (χ2v) is 7.95. The summed E-state index contributed by atoms with van der Waals surface area (Å²) in [5.74, 6) is -0.248. The zero-order valence-electron chi connectivity index (χ0n) is 12.6. The molecule has 122 valence electrons. The normalized spacial score (nSPS) is 16.1. The van der Waals surface area contributed by atoms with Crippen LogP contribution in [0.4, 0.5) is 0 Å². The van der Waals surface area contributed by atoms with Gasteiger partial charge in [0.05, 0.1) is 6.26 Å².